The van der Waals surface area contributed by atoms with Crippen LogP contribution in [-0.4, -0.2) is 42.0 Å². The molecule has 9 heteroatoms. The predicted octanol–water partition coefficient (Wildman–Crippen LogP) is 3.31. The normalized spacial score (nSPS) is 15.7. The van der Waals surface area contributed by atoms with Crippen LogP contribution in [0.15, 0.2) is 35.1 Å². The van der Waals surface area contributed by atoms with Crippen LogP contribution in [0.1, 0.15) is 16.1 Å². The summed E-state index contributed by atoms with van der Waals surface area (Å²) in [6, 6.07) is 4.09. The van der Waals surface area contributed by atoms with Crippen molar-refractivity contribution in [1.82, 2.24) is 9.88 Å². The molecule has 128 valence electrons. The maximum Gasteiger partial charge on any atom is 0.417 e. The lowest BCUT2D eigenvalue weighted by Gasteiger charge is -2.35. The number of rotatable bonds is 2. The van der Waals surface area contributed by atoms with E-state index in [0.29, 0.717) is 26.2 Å². The van der Waals surface area contributed by atoms with Crippen molar-refractivity contribution < 1.29 is 22.4 Å². The van der Waals surface area contributed by atoms with E-state index < -0.39 is 11.7 Å². The van der Waals surface area contributed by atoms with Crippen LogP contribution in [0.3, 0.4) is 0 Å². The number of anilines is 1. The Bertz CT molecular complexity index is 726. The van der Waals surface area contributed by atoms with E-state index >= 15 is 0 Å². The van der Waals surface area contributed by atoms with Crippen LogP contribution in [0.2, 0.25) is 5.02 Å². The number of carbonyl (C=O) groups is 1. The highest BCUT2D eigenvalue weighted by Gasteiger charge is 2.32. The summed E-state index contributed by atoms with van der Waals surface area (Å²) in [5.41, 5.74) is -0.886. The van der Waals surface area contributed by atoms with Gasteiger partial charge in [0.15, 0.2) is 5.76 Å². The molecule has 2 aromatic rings. The fraction of sp³-hybridized carbons (Fsp3) is 0.333. The van der Waals surface area contributed by atoms with Gasteiger partial charge in [0.05, 0.1) is 16.8 Å². The van der Waals surface area contributed by atoms with E-state index in [1.54, 1.807) is 21.9 Å². The van der Waals surface area contributed by atoms with Gasteiger partial charge in [0.1, 0.15) is 5.82 Å². The molecular formula is C15H13ClF3N3O2. The van der Waals surface area contributed by atoms with Crippen LogP contribution < -0.4 is 4.90 Å². The number of amides is 1. The molecule has 0 saturated carbocycles. The number of piperazine rings is 1. The number of halogens is 4. The highest BCUT2D eigenvalue weighted by molar-refractivity contribution is 6.33. The summed E-state index contributed by atoms with van der Waals surface area (Å²) in [7, 11) is 0. The SMILES string of the molecule is O=C(c1ccco1)N1CCN(c2ncc(C(F)(F)F)cc2Cl)CC1. The molecule has 0 unspecified atom stereocenters. The van der Waals surface area contributed by atoms with Crippen molar-refractivity contribution in [3.05, 3.63) is 47.0 Å². The summed E-state index contributed by atoms with van der Waals surface area (Å²) in [5, 5.41) is -0.0596. The molecule has 1 aliphatic heterocycles. The molecule has 5 nitrogen and oxygen atoms in total. The van der Waals surface area contributed by atoms with Crippen molar-refractivity contribution in [1.29, 1.82) is 0 Å². The number of carbonyl (C=O) groups excluding carboxylic acids is 1. The van der Waals surface area contributed by atoms with E-state index in [4.69, 9.17) is 16.0 Å². The first-order valence-corrected chi connectivity index (χ1v) is 7.54. The standard InChI is InChI=1S/C15H13ClF3N3O2/c16-11-8-10(15(17,18)19)9-20-13(11)21-3-5-22(6-4-21)14(23)12-2-1-7-24-12/h1-2,7-9H,3-6H2. The van der Waals surface area contributed by atoms with Crippen LogP contribution in [0.25, 0.3) is 0 Å². The zero-order valence-corrected chi connectivity index (χ0v) is 13.1. The van der Waals surface area contributed by atoms with Crippen LogP contribution in [0.5, 0.6) is 0 Å². The monoisotopic (exact) mass is 359 g/mol. The lowest BCUT2D eigenvalue weighted by Crippen LogP contribution is -2.49. The van der Waals surface area contributed by atoms with Crippen LogP contribution in [-0.2, 0) is 6.18 Å². The number of pyridine rings is 1. The minimum absolute atomic E-state index is 0.0596. The van der Waals surface area contributed by atoms with Gasteiger partial charge in [-0.25, -0.2) is 4.98 Å². The minimum Gasteiger partial charge on any atom is -0.459 e. The maximum atomic E-state index is 12.7. The first-order valence-electron chi connectivity index (χ1n) is 7.17. The summed E-state index contributed by atoms with van der Waals surface area (Å²) >= 11 is 5.95. The van der Waals surface area contributed by atoms with E-state index in [1.807, 2.05) is 0 Å². The lowest BCUT2D eigenvalue weighted by atomic mass is 10.2. The van der Waals surface area contributed by atoms with Crippen molar-refractivity contribution in [3.8, 4) is 0 Å². The van der Waals surface area contributed by atoms with Crippen LogP contribution >= 0.6 is 11.6 Å². The predicted molar refractivity (Wildman–Crippen MR) is 81.1 cm³/mol. The quantitative estimate of drug-likeness (QED) is 0.825. The van der Waals surface area contributed by atoms with Gasteiger partial charge >= 0.3 is 6.18 Å². The minimum atomic E-state index is -4.48. The summed E-state index contributed by atoms with van der Waals surface area (Å²) in [5.74, 6) is 0.329. The molecule has 1 amide bonds. The van der Waals surface area contributed by atoms with Crippen molar-refractivity contribution in [2.75, 3.05) is 31.1 Å². The van der Waals surface area contributed by atoms with E-state index in [1.165, 1.54) is 6.26 Å². The Morgan fingerprint density at radius 2 is 1.96 bits per heavy atom. The molecule has 3 rings (SSSR count). The molecule has 1 aliphatic rings. The third-order valence-corrected chi connectivity index (χ3v) is 4.03. The van der Waals surface area contributed by atoms with Gasteiger partial charge in [-0.3, -0.25) is 4.79 Å². The molecule has 24 heavy (non-hydrogen) atoms. The molecule has 3 heterocycles. The number of furan rings is 1. The summed E-state index contributed by atoms with van der Waals surface area (Å²) in [6.45, 7) is 1.65. The average molecular weight is 360 g/mol. The molecule has 0 N–H and O–H groups in total. The molecule has 0 aliphatic carbocycles. The van der Waals surface area contributed by atoms with Gasteiger partial charge in [-0.2, -0.15) is 13.2 Å². The summed E-state index contributed by atoms with van der Waals surface area (Å²) < 4.78 is 43.0. The van der Waals surface area contributed by atoms with Crippen molar-refractivity contribution >= 4 is 23.3 Å². The van der Waals surface area contributed by atoms with Gasteiger partial charge in [-0.05, 0) is 18.2 Å². The van der Waals surface area contributed by atoms with Gasteiger partial charge in [0.2, 0.25) is 0 Å². The Labute approximate surface area is 140 Å². The summed E-state index contributed by atoms with van der Waals surface area (Å²) in [4.78, 5) is 19.4. The van der Waals surface area contributed by atoms with E-state index in [0.717, 1.165) is 12.3 Å². The molecular weight excluding hydrogens is 347 g/mol. The second kappa shape index (κ2) is 6.35. The van der Waals surface area contributed by atoms with Gasteiger partial charge < -0.3 is 14.2 Å². The number of alkyl halides is 3. The molecule has 0 spiro atoms. The molecule has 1 saturated heterocycles. The number of nitrogens with zero attached hydrogens (tertiary/aromatic N) is 3. The number of aromatic nitrogens is 1. The molecule has 1 fully saturated rings. The molecule has 0 radical (unpaired) electrons. The smallest absolute Gasteiger partial charge is 0.417 e. The first kappa shape index (κ1) is 16.6. The third-order valence-electron chi connectivity index (χ3n) is 3.75. The highest BCUT2D eigenvalue weighted by Crippen LogP contribution is 2.33. The average Bonchev–Trinajstić information content (AvgIpc) is 3.08. The summed E-state index contributed by atoms with van der Waals surface area (Å²) in [6.07, 6.45) is -2.29. The van der Waals surface area contributed by atoms with E-state index in [2.05, 4.69) is 4.98 Å². The topological polar surface area (TPSA) is 49.6 Å². The van der Waals surface area contributed by atoms with E-state index in [-0.39, 0.29) is 22.5 Å². The van der Waals surface area contributed by atoms with Crippen molar-refractivity contribution in [3.63, 3.8) is 0 Å². The molecule has 2 aromatic heterocycles. The van der Waals surface area contributed by atoms with Crippen molar-refractivity contribution in [2.45, 2.75) is 6.18 Å². The number of hydrogen-bond donors (Lipinski definition) is 0. The fourth-order valence-electron chi connectivity index (χ4n) is 2.50. The van der Waals surface area contributed by atoms with Crippen LogP contribution in [0, 0.1) is 0 Å². The highest BCUT2D eigenvalue weighted by atomic mass is 35.5. The van der Waals surface area contributed by atoms with Gasteiger partial charge in [0.25, 0.3) is 5.91 Å². The maximum absolute atomic E-state index is 12.7. The van der Waals surface area contributed by atoms with Crippen LogP contribution in [0.4, 0.5) is 19.0 Å². The third kappa shape index (κ3) is 3.33. The lowest BCUT2D eigenvalue weighted by molar-refractivity contribution is -0.137. The van der Waals surface area contributed by atoms with Gasteiger partial charge in [0, 0.05) is 32.4 Å². The zero-order valence-electron chi connectivity index (χ0n) is 12.4. The first-order chi connectivity index (χ1) is 11.4. The Balaban J connectivity index is 1.68. The Morgan fingerprint density at radius 1 is 1.25 bits per heavy atom. The largest absolute Gasteiger partial charge is 0.459 e. The van der Waals surface area contributed by atoms with Gasteiger partial charge in [-0.1, -0.05) is 11.6 Å². The Kier molecular flexibility index (Phi) is 4.40. The fourth-order valence-corrected chi connectivity index (χ4v) is 2.78. The van der Waals surface area contributed by atoms with E-state index in [9.17, 15) is 18.0 Å². The van der Waals surface area contributed by atoms with Crippen molar-refractivity contribution in [2.24, 2.45) is 0 Å². The Hall–Kier alpha value is -2.22. The van der Waals surface area contributed by atoms with Gasteiger partial charge in [-0.15, -0.1) is 0 Å². The zero-order chi connectivity index (χ0) is 17.3. The Morgan fingerprint density at radius 3 is 2.50 bits per heavy atom. The second-order valence-corrected chi connectivity index (χ2v) is 5.69. The molecule has 0 atom stereocenters. The number of hydrogen-bond acceptors (Lipinski definition) is 4. The second-order valence-electron chi connectivity index (χ2n) is 5.28. The molecule has 0 bridgehead atoms. The molecule has 0 aromatic carbocycles.